The monoisotopic (exact) mass is 293 g/mol. The van der Waals surface area contributed by atoms with Gasteiger partial charge in [0.2, 0.25) is 5.91 Å². The summed E-state index contributed by atoms with van der Waals surface area (Å²) in [7, 11) is 0. The van der Waals surface area contributed by atoms with Crippen LogP contribution in [0, 0.1) is 5.92 Å². The third kappa shape index (κ3) is 2.98. The second-order valence-corrected chi connectivity index (χ2v) is 6.26. The summed E-state index contributed by atoms with van der Waals surface area (Å²) in [5.74, 6) is -1.43. The van der Waals surface area contributed by atoms with Gasteiger partial charge in [-0.25, -0.2) is 0 Å². The van der Waals surface area contributed by atoms with Crippen molar-refractivity contribution in [1.82, 2.24) is 4.90 Å². The third-order valence-corrected chi connectivity index (χ3v) is 4.79. The van der Waals surface area contributed by atoms with Crippen LogP contribution in [0.1, 0.15) is 18.4 Å². The van der Waals surface area contributed by atoms with Crippen molar-refractivity contribution < 1.29 is 14.7 Å². The molecule has 1 aliphatic heterocycles. The van der Waals surface area contributed by atoms with Crippen LogP contribution in [0.25, 0.3) is 0 Å². The highest BCUT2D eigenvalue weighted by Gasteiger charge is 2.41. The van der Waals surface area contributed by atoms with Crippen LogP contribution in [0.3, 0.4) is 0 Å². The van der Waals surface area contributed by atoms with Crippen LogP contribution in [0.4, 0.5) is 0 Å². The maximum absolute atomic E-state index is 12.2. The van der Waals surface area contributed by atoms with Gasteiger partial charge in [-0.2, -0.15) is 11.8 Å². The fraction of sp³-hybridized carbons (Fsp3) is 0.467. The molecule has 3 unspecified atom stereocenters. The van der Waals surface area contributed by atoms with E-state index in [0.29, 0.717) is 13.1 Å². The van der Waals surface area contributed by atoms with Crippen LogP contribution in [0.2, 0.25) is 0 Å². The van der Waals surface area contributed by atoms with Crippen LogP contribution in [0.15, 0.2) is 30.3 Å². The Morgan fingerprint density at radius 2 is 1.95 bits per heavy atom. The van der Waals surface area contributed by atoms with E-state index in [2.05, 4.69) is 0 Å². The van der Waals surface area contributed by atoms with Gasteiger partial charge in [0.1, 0.15) is 0 Å². The van der Waals surface area contributed by atoms with Crippen LogP contribution < -0.4 is 0 Å². The van der Waals surface area contributed by atoms with Gasteiger partial charge in [0, 0.05) is 19.0 Å². The molecule has 5 heteroatoms. The van der Waals surface area contributed by atoms with Gasteiger partial charge in [0.25, 0.3) is 0 Å². The van der Waals surface area contributed by atoms with Gasteiger partial charge >= 0.3 is 5.97 Å². The Morgan fingerprint density at radius 1 is 1.30 bits per heavy atom. The Balaban J connectivity index is 2.20. The van der Waals surface area contributed by atoms with E-state index in [9.17, 15) is 14.7 Å². The lowest BCUT2D eigenvalue weighted by Gasteiger charge is -2.19. The molecule has 1 saturated heterocycles. The number of rotatable bonds is 4. The Morgan fingerprint density at radius 3 is 2.50 bits per heavy atom. The molecule has 0 radical (unpaired) electrons. The van der Waals surface area contributed by atoms with Gasteiger partial charge < -0.3 is 10.0 Å². The lowest BCUT2D eigenvalue weighted by Crippen LogP contribution is -2.35. The highest BCUT2D eigenvalue weighted by atomic mass is 32.2. The number of benzene rings is 1. The summed E-state index contributed by atoms with van der Waals surface area (Å²) in [6, 6.07) is 9.60. The molecule has 0 spiro atoms. The molecule has 0 saturated carbocycles. The topological polar surface area (TPSA) is 57.6 Å². The van der Waals surface area contributed by atoms with Crippen LogP contribution in [0.5, 0.6) is 0 Å². The molecule has 1 aromatic rings. The number of thioether (sulfide) groups is 1. The summed E-state index contributed by atoms with van der Waals surface area (Å²) in [6.07, 6.45) is 1.89. The molecule has 1 N–H and O–H groups in total. The van der Waals surface area contributed by atoms with Gasteiger partial charge in [0.15, 0.2) is 0 Å². The summed E-state index contributed by atoms with van der Waals surface area (Å²) in [6.45, 7) is 2.65. The Hall–Kier alpha value is -1.49. The van der Waals surface area contributed by atoms with E-state index >= 15 is 0 Å². The van der Waals surface area contributed by atoms with Crippen molar-refractivity contribution in [3.8, 4) is 0 Å². The number of likely N-dealkylation sites (tertiary alicyclic amines) is 1. The highest BCUT2D eigenvalue weighted by molar-refractivity contribution is 7.99. The minimum Gasteiger partial charge on any atom is -0.481 e. The van der Waals surface area contributed by atoms with E-state index in [0.717, 1.165) is 5.56 Å². The molecule has 0 aromatic heterocycles. The molecule has 0 aliphatic carbocycles. The number of carbonyl (C=O) groups excluding carboxylic acids is 1. The zero-order valence-electron chi connectivity index (χ0n) is 11.7. The average Bonchev–Trinajstić information content (AvgIpc) is 2.92. The Labute approximate surface area is 123 Å². The summed E-state index contributed by atoms with van der Waals surface area (Å²) in [4.78, 5) is 25.4. The van der Waals surface area contributed by atoms with Crippen LogP contribution in [-0.4, -0.2) is 46.5 Å². The summed E-state index contributed by atoms with van der Waals surface area (Å²) in [5.41, 5.74) is 0.993. The predicted molar refractivity (Wildman–Crippen MR) is 79.9 cm³/mol. The third-order valence-electron chi connectivity index (χ3n) is 3.88. The zero-order valence-corrected chi connectivity index (χ0v) is 12.5. The highest BCUT2D eigenvalue weighted by Crippen LogP contribution is 2.33. The number of nitrogens with zero attached hydrogens (tertiary/aromatic N) is 1. The number of hydrogen-bond donors (Lipinski definition) is 1. The van der Waals surface area contributed by atoms with Crippen molar-refractivity contribution in [2.75, 3.05) is 19.3 Å². The molecule has 1 heterocycles. The first-order valence-electron chi connectivity index (χ1n) is 6.64. The number of carboxylic acids is 1. The minimum absolute atomic E-state index is 0.0298. The molecule has 1 aromatic carbocycles. The molecule has 0 bridgehead atoms. The number of amides is 1. The quantitative estimate of drug-likeness (QED) is 0.923. The Bertz CT molecular complexity index is 491. The van der Waals surface area contributed by atoms with Gasteiger partial charge in [-0.05, 0) is 18.7 Å². The first-order valence-corrected chi connectivity index (χ1v) is 7.92. The molecule has 1 amide bonds. The van der Waals surface area contributed by atoms with Gasteiger partial charge in [-0.15, -0.1) is 0 Å². The van der Waals surface area contributed by atoms with Crippen LogP contribution >= 0.6 is 11.8 Å². The second kappa shape index (κ2) is 6.31. The molecule has 1 aliphatic rings. The van der Waals surface area contributed by atoms with Crippen molar-refractivity contribution in [3.63, 3.8) is 0 Å². The molecule has 3 atom stereocenters. The fourth-order valence-electron chi connectivity index (χ4n) is 2.63. The maximum atomic E-state index is 12.2. The fourth-order valence-corrected chi connectivity index (χ4v) is 2.98. The molecular formula is C15H19NO3S. The van der Waals surface area contributed by atoms with Crippen molar-refractivity contribution in [2.24, 2.45) is 5.92 Å². The lowest BCUT2D eigenvalue weighted by molar-refractivity contribution is -0.141. The summed E-state index contributed by atoms with van der Waals surface area (Å²) < 4.78 is 0. The normalized spacial score (nSPS) is 23.6. The summed E-state index contributed by atoms with van der Waals surface area (Å²) >= 11 is 1.49. The van der Waals surface area contributed by atoms with E-state index in [1.807, 2.05) is 43.5 Å². The molecule has 20 heavy (non-hydrogen) atoms. The van der Waals surface area contributed by atoms with Crippen LogP contribution in [-0.2, 0) is 9.59 Å². The standard InChI is InChI=1S/C15H19NO3S/c1-10(20-2)14(17)16-8-12(13(9-16)15(18)19)11-6-4-3-5-7-11/h3-7,10,12-13H,8-9H2,1-2H3,(H,18,19). The van der Waals surface area contributed by atoms with E-state index in [4.69, 9.17) is 0 Å². The van der Waals surface area contributed by atoms with E-state index in [1.54, 1.807) is 4.90 Å². The van der Waals surface area contributed by atoms with E-state index in [-0.39, 0.29) is 17.1 Å². The molecule has 1 fully saturated rings. The van der Waals surface area contributed by atoms with Crippen molar-refractivity contribution in [1.29, 1.82) is 0 Å². The molecule has 2 rings (SSSR count). The van der Waals surface area contributed by atoms with Gasteiger partial charge in [-0.3, -0.25) is 9.59 Å². The van der Waals surface area contributed by atoms with Crippen molar-refractivity contribution >= 4 is 23.6 Å². The number of carbonyl (C=O) groups is 2. The van der Waals surface area contributed by atoms with E-state index < -0.39 is 11.9 Å². The number of hydrogen-bond acceptors (Lipinski definition) is 3. The average molecular weight is 293 g/mol. The van der Waals surface area contributed by atoms with Gasteiger partial charge in [-0.1, -0.05) is 30.3 Å². The van der Waals surface area contributed by atoms with Crippen molar-refractivity contribution in [3.05, 3.63) is 35.9 Å². The molecule has 108 valence electrons. The largest absolute Gasteiger partial charge is 0.481 e. The number of aliphatic carboxylic acids is 1. The lowest BCUT2D eigenvalue weighted by atomic mass is 9.89. The van der Waals surface area contributed by atoms with Crippen molar-refractivity contribution in [2.45, 2.75) is 18.1 Å². The maximum Gasteiger partial charge on any atom is 0.308 e. The first-order chi connectivity index (χ1) is 9.54. The second-order valence-electron chi connectivity index (χ2n) is 5.08. The van der Waals surface area contributed by atoms with E-state index in [1.165, 1.54) is 11.8 Å². The number of carboxylic acid groups (broad SMARTS) is 1. The first kappa shape index (κ1) is 14.9. The predicted octanol–water partition coefficient (Wildman–Crippen LogP) is 2.06. The molecular weight excluding hydrogens is 274 g/mol. The Kier molecular flexibility index (Phi) is 4.70. The SMILES string of the molecule is CSC(C)C(=O)N1CC(C(=O)O)C(c2ccccc2)C1. The zero-order chi connectivity index (χ0) is 14.7. The summed E-state index contributed by atoms with van der Waals surface area (Å²) in [5, 5.41) is 9.27. The minimum atomic E-state index is -0.828. The smallest absolute Gasteiger partial charge is 0.308 e. The van der Waals surface area contributed by atoms with Gasteiger partial charge in [0.05, 0.1) is 11.2 Å². The molecule has 4 nitrogen and oxygen atoms in total.